The zero-order chi connectivity index (χ0) is 10.7. The Hall–Kier alpha value is -1.29. The molecule has 1 unspecified atom stereocenters. The lowest BCUT2D eigenvalue weighted by Gasteiger charge is -2.20. The largest absolute Gasteiger partial charge is 0.378 e. The summed E-state index contributed by atoms with van der Waals surface area (Å²) in [7, 11) is 4.10. The molecule has 2 rings (SSSR count). The molecule has 1 aromatic rings. The summed E-state index contributed by atoms with van der Waals surface area (Å²) in [4.78, 5) is 6.26. The van der Waals surface area contributed by atoms with Crippen molar-refractivity contribution in [3.63, 3.8) is 0 Å². The first-order valence-corrected chi connectivity index (χ1v) is 5.36. The number of hydrogen-bond acceptors (Lipinski definition) is 4. The highest BCUT2D eigenvalue weighted by Crippen LogP contribution is 2.23. The van der Waals surface area contributed by atoms with Crippen LogP contribution in [-0.4, -0.2) is 38.2 Å². The molecule has 0 saturated carbocycles. The van der Waals surface area contributed by atoms with Crippen LogP contribution in [0.4, 0.5) is 11.4 Å². The number of nitrogens with one attached hydrogen (secondary N) is 2. The van der Waals surface area contributed by atoms with Gasteiger partial charge in [0.2, 0.25) is 0 Å². The Labute approximate surface area is 90.7 Å². The Kier molecular flexibility index (Phi) is 3.06. The summed E-state index contributed by atoms with van der Waals surface area (Å²) in [5.41, 5.74) is 2.31. The standard InChI is InChI=1S/C11H18N4/c1-15(2)11-4-6-13-8-10(11)14-9-3-5-12-7-9/h4,6,8-9,12,14H,3,5,7H2,1-2H3. The Bertz CT molecular complexity index is 318. The van der Waals surface area contributed by atoms with Crippen molar-refractivity contribution in [1.82, 2.24) is 10.3 Å². The van der Waals surface area contributed by atoms with Crippen molar-refractivity contribution in [1.29, 1.82) is 0 Å². The first-order chi connectivity index (χ1) is 7.27. The summed E-state index contributed by atoms with van der Waals surface area (Å²) in [5, 5.41) is 6.87. The van der Waals surface area contributed by atoms with E-state index in [1.807, 2.05) is 32.6 Å². The average molecular weight is 206 g/mol. The van der Waals surface area contributed by atoms with Crippen LogP contribution in [0.25, 0.3) is 0 Å². The number of hydrogen-bond donors (Lipinski definition) is 2. The minimum Gasteiger partial charge on any atom is -0.378 e. The minimum absolute atomic E-state index is 0.535. The van der Waals surface area contributed by atoms with Crippen LogP contribution >= 0.6 is 0 Å². The highest BCUT2D eigenvalue weighted by atomic mass is 15.1. The van der Waals surface area contributed by atoms with Crippen LogP contribution < -0.4 is 15.5 Å². The van der Waals surface area contributed by atoms with Gasteiger partial charge in [0.25, 0.3) is 0 Å². The summed E-state index contributed by atoms with van der Waals surface area (Å²) in [6.45, 7) is 2.15. The van der Waals surface area contributed by atoms with Crippen LogP contribution in [-0.2, 0) is 0 Å². The summed E-state index contributed by atoms with van der Waals surface area (Å²) in [5.74, 6) is 0. The van der Waals surface area contributed by atoms with Crippen LogP contribution in [0.3, 0.4) is 0 Å². The molecule has 0 bridgehead atoms. The maximum Gasteiger partial charge on any atom is 0.0766 e. The topological polar surface area (TPSA) is 40.2 Å². The highest BCUT2D eigenvalue weighted by molar-refractivity contribution is 5.68. The van der Waals surface area contributed by atoms with Crippen molar-refractivity contribution in [3.05, 3.63) is 18.5 Å². The Morgan fingerprint density at radius 2 is 2.40 bits per heavy atom. The molecule has 1 atom stereocenters. The molecule has 2 heterocycles. The predicted octanol–water partition coefficient (Wildman–Crippen LogP) is 0.921. The molecule has 0 radical (unpaired) electrons. The smallest absolute Gasteiger partial charge is 0.0766 e. The quantitative estimate of drug-likeness (QED) is 0.771. The molecule has 4 nitrogen and oxygen atoms in total. The first-order valence-electron chi connectivity index (χ1n) is 5.36. The Morgan fingerprint density at radius 3 is 3.07 bits per heavy atom. The number of anilines is 2. The number of aromatic nitrogens is 1. The molecule has 4 heteroatoms. The van der Waals surface area contributed by atoms with E-state index in [2.05, 4.69) is 20.5 Å². The molecule has 1 aliphatic heterocycles. The van der Waals surface area contributed by atoms with Gasteiger partial charge in [0.15, 0.2) is 0 Å². The molecule has 1 fully saturated rings. The summed E-state index contributed by atoms with van der Waals surface area (Å²) < 4.78 is 0. The van der Waals surface area contributed by atoms with Gasteiger partial charge in [0.05, 0.1) is 17.6 Å². The fraction of sp³-hybridized carbons (Fsp3) is 0.545. The SMILES string of the molecule is CN(C)c1ccncc1NC1CCNC1. The van der Waals surface area contributed by atoms with Crippen LogP contribution in [0.1, 0.15) is 6.42 Å². The molecule has 0 spiro atoms. The molecule has 1 aromatic heterocycles. The van der Waals surface area contributed by atoms with E-state index in [-0.39, 0.29) is 0 Å². The fourth-order valence-corrected chi connectivity index (χ4v) is 1.89. The van der Waals surface area contributed by atoms with Gasteiger partial charge in [0.1, 0.15) is 0 Å². The molecular formula is C11H18N4. The van der Waals surface area contributed by atoms with Gasteiger partial charge < -0.3 is 15.5 Å². The van der Waals surface area contributed by atoms with Crippen LogP contribution in [0.15, 0.2) is 18.5 Å². The van der Waals surface area contributed by atoms with Gasteiger partial charge in [-0.1, -0.05) is 0 Å². The molecule has 1 aliphatic rings. The second-order valence-corrected chi connectivity index (χ2v) is 4.12. The van der Waals surface area contributed by atoms with E-state index in [4.69, 9.17) is 0 Å². The third-order valence-electron chi connectivity index (χ3n) is 2.70. The number of nitrogens with zero attached hydrogens (tertiary/aromatic N) is 2. The molecule has 0 aromatic carbocycles. The van der Waals surface area contributed by atoms with Crippen LogP contribution in [0.2, 0.25) is 0 Å². The Morgan fingerprint density at radius 1 is 1.53 bits per heavy atom. The van der Waals surface area contributed by atoms with Gasteiger partial charge in [0, 0.05) is 32.9 Å². The van der Waals surface area contributed by atoms with Crippen LogP contribution in [0, 0.1) is 0 Å². The van der Waals surface area contributed by atoms with Gasteiger partial charge >= 0.3 is 0 Å². The molecule has 2 N–H and O–H groups in total. The monoisotopic (exact) mass is 206 g/mol. The minimum atomic E-state index is 0.535. The molecule has 0 amide bonds. The van der Waals surface area contributed by atoms with E-state index in [0.717, 1.165) is 18.8 Å². The van der Waals surface area contributed by atoms with E-state index >= 15 is 0 Å². The second-order valence-electron chi connectivity index (χ2n) is 4.12. The van der Waals surface area contributed by atoms with E-state index < -0.39 is 0 Å². The average Bonchev–Trinajstić information content (AvgIpc) is 2.71. The van der Waals surface area contributed by atoms with Crippen molar-refractivity contribution >= 4 is 11.4 Å². The van der Waals surface area contributed by atoms with E-state index in [0.29, 0.717) is 6.04 Å². The van der Waals surface area contributed by atoms with E-state index in [9.17, 15) is 0 Å². The lowest BCUT2D eigenvalue weighted by Crippen LogP contribution is -2.23. The molecule has 1 saturated heterocycles. The summed E-state index contributed by atoms with van der Waals surface area (Å²) in [6, 6.07) is 2.57. The third-order valence-corrected chi connectivity index (χ3v) is 2.70. The maximum atomic E-state index is 4.16. The van der Waals surface area contributed by atoms with Gasteiger partial charge in [-0.25, -0.2) is 0 Å². The number of pyridine rings is 1. The lowest BCUT2D eigenvalue weighted by atomic mass is 10.2. The number of rotatable bonds is 3. The highest BCUT2D eigenvalue weighted by Gasteiger charge is 2.15. The van der Waals surface area contributed by atoms with Gasteiger partial charge in [-0.3, -0.25) is 4.98 Å². The van der Waals surface area contributed by atoms with Crippen molar-refractivity contribution in [2.24, 2.45) is 0 Å². The van der Waals surface area contributed by atoms with E-state index in [1.165, 1.54) is 12.1 Å². The predicted molar refractivity (Wildman–Crippen MR) is 63.5 cm³/mol. The van der Waals surface area contributed by atoms with E-state index in [1.54, 1.807) is 0 Å². The lowest BCUT2D eigenvalue weighted by molar-refractivity contribution is 0.792. The summed E-state index contributed by atoms with van der Waals surface area (Å²) in [6.07, 6.45) is 4.91. The maximum absolute atomic E-state index is 4.16. The van der Waals surface area contributed by atoms with Crippen LogP contribution in [0.5, 0.6) is 0 Å². The molecule has 0 aliphatic carbocycles. The third kappa shape index (κ3) is 2.39. The van der Waals surface area contributed by atoms with Gasteiger partial charge in [-0.2, -0.15) is 0 Å². The molecular weight excluding hydrogens is 188 g/mol. The van der Waals surface area contributed by atoms with Crippen molar-refractivity contribution in [2.75, 3.05) is 37.4 Å². The second kappa shape index (κ2) is 4.49. The molecule has 82 valence electrons. The molecule has 15 heavy (non-hydrogen) atoms. The van der Waals surface area contributed by atoms with Crippen molar-refractivity contribution in [2.45, 2.75) is 12.5 Å². The van der Waals surface area contributed by atoms with Crippen molar-refractivity contribution < 1.29 is 0 Å². The Balaban J connectivity index is 2.12. The fourth-order valence-electron chi connectivity index (χ4n) is 1.89. The zero-order valence-electron chi connectivity index (χ0n) is 9.33. The normalized spacial score (nSPS) is 20.3. The van der Waals surface area contributed by atoms with Gasteiger partial charge in [-0.05, 0) is 19.0 Å². The van der Waals surface area contributed by atoms with Gasteiger partial charge in [-0.15, -0.1) is 0 Å². The first kappa shape index (κ1) is 10.2. The summed E-state index contributed by atoms with van der Waals surface area (Å²) >= 11 is 0. The zero-order valence-corrected chi connectivity index (χ0v) is 9.33. The van der Waals surface area contributed by atoms with Crippen molar-refractivity contribution in [3.8, 4) is 0 Å².